The second-order valence-corrected chi connectivity index (χ2v) is 4.91. The van der Waals surface area contributed by atoms with Crippen LogP contribution in [-0.2, 0) is 0 Å². The van der Waals surface area contributed by atoms with Crippen LogP contribution in [0.5, 0.6) is 11.5 Å². The van der Waals surface area contributed by atoms with Gasteiger partial charge in [-0.05, 0) is 44.0 Å². The molecule has 0 aromatic heterocycles. The van der Waals surface area contributed by atoms with Gasteiger partial charge >= 0.3 is 0 Å². The van der Waals surface area contributed by atoms with Crippen LogP contribution in [0.1, 0.15) is 29.6 Å². The maximum Gasteiger partial charge on any atom is 0.251 e. The third-order valence-corrected chi connectivity index (χ3v) is 3.58. The van der Waals surface area contributed by atoms with E-state index in [-0.39, 0.29) is 25.1 Å². The Morgan fingerprint density at radius 3 is 3.00 bits per heavy atom. The number of ether oxygens (including phenoxy) is 2. The first-order chi connectivity index (χ1) is 9.33. The van der Waals surface area contributed by atoms with Gasteiger partial charge in [0.25, 0.3) is 5.91 Å². The predicted molar refractivity (Wildman–Crippen MR) is 77.8 cm³/mol. The topological polar surface area (TPSA) is 59.6 Å². The summed E-state index contributed by atoms with van der Waals surface area (Å²) in [5.74, 6) is 1.29. The van der Waals surface area contributed by atoms with Gasteiger partial charge in [-0.25, -0.2) is 0 Å². The Labute approximate surface area is 124 Å². The van der Waals surface area contributed by atoms with Crippen molar-refractivity contribution < 1.29 is 14.3 Å². The van der Waals surface area contributed by atoms with Crippen molar-refractivity contribution in [2.45, 2.75) is 25.3 Å². The molecular formula is C14H19ClN2O3. The fraction of sp³-hybridized carbons (Fsp3) is 0.500. The summed E-state index contributed by atoms with van der Waals surface area (Å²) in [6, 6.07) is 5.81. The van der Waals surface area contributed by atoms with Gasteiger partial charge in [0.1, 0.15) is 0 Å². The van der Waals surface area contributed by atoms with E-state index >= 15 is 0 Å². The Kier molecular flexibility index (Phi) is 5.09. The van der Waals surface area contributed by atoms with Crippen LogP contribution in [-0.4, -0.2) is 31.8 Å². The SMILES string of the molecule is Cl.O=C(NCC[C@H]1CCCN1)c1ccc2c(c1)OCO2. The van der Waals surface area contributed by atoms with Gasteiger partial charge in [-0.2, -0.15) is 0 Å². The Morgan fingerprint density at radius 2 is 2.20 bits per heavy atom. The molecule has 0 saturated carbocycles. The van der Waals surface area contributed by atoms with Gasteiger partial charge in [0.15, 0.2) is 11.5 Å². The lowest BCUT2D eigenvalue weighted by Gasteiger charge is -2.10. The van der Waals surface area contributed by atoms with E-state index in [1.807, 2.05) is 0 Å². The third-order valence-electron chi connectivity index (χ3n) is 3.58. The molecule has 5 nitrogen and oxygen atoms in total. The highest BCUT2D eigenvalue weighted by Gasteiger charge is 2.17. The standard InChI is InChI=1S/C14H18N2O3.ClH/c17-14(16-7-5-11-2-1-6-15-11)10-3-4-12-13(8-10)19-9-18-12;/h3-4,8,11,15H,1-2,5-7,9H2,(H,16,17);1H/t11-;/m1./s1. The average Bonchev–Trinajstić information content (AvgIpc) is 3.08. The van der Waals surface area contributed by atoms with E-state index in [1.165, 1.54) is 12.8 Å². The summed E-state index contributed by atoms with van der Waals surface area (Å²) in [6.45, 7) is 2.03. The fourth-order valence-corrected chi connectivity index (χ4v) is 2.50. The molecular weight excluding hydrogens is 280 g/mol. The Bertz CT molecular complexity index is 475. The van der Waals surface area contributed by atoms with Crippen LogP contribution in [0.3, 0.4) is 0 Å². The molecule has 1 atom stereocenters. The summed E-state index contributed by atoms with van der Waals surface area (Å²) in [6.07, 6.45) is 3.43. The van der Waals surface area contributed by atoms with Crippen molar-refractivity contribution in [2.24, 2.45) is 0 Å². The molecule has 2 aliphatic heterocycles. The first-order valence-electron chi connectivity index (χ1n) is 6.74. The molecule has 2 heterocycles. The summed E-state index contributed by atoms with van der Waals surface area (Å²) in [5.41, 5.74) is 0.614. The molecule has 6 heteroatoms. The second kappa shape index (κ2) is 6.81. The van der Waals surface area contributed by atoms with Crippen LogP contribution < -0.4 is 20.1 Å². The smallest absolute Gasteiger partial charge is 0.251 e. The van der Waals surface area contributed by atoms with Crippen molar-refractivity contribution in [3.05, 3.63) is 23.8 Å². The number of fused-ring (bicyclic) bond motifs is 1. The Hall–Kier alpha value is -1.46. The first-order valence-corrected chi connectivity index (χ1v) is 6.74. The van der Waals surface area contributed by atoms with Crippen molar-refractivity contribution in [1.29, 1.82) is 0 Å². The maximum atomic E-state index is 12.0. The van der Waals surface area contributed by atoms with Gasteiger partial charge in [-0.15, -0.1) is 12.4 Å². The van der Waals surface area contributed by atoms with E-state index in [0.29, 0.717) is 29.6 Å². The molecule has 20 heavy (non-hydrogen) atoms. The molecule has 1 aromatic carbocycles. The molecule has 2 aliphatic rings. The van der Waals surface area contributed by atoms with Crippen LogP contribution in [0.15, 0.2) is 18.2 Å². The quantitative estimate of drug-likeness (QED) is 0.888. The van der Waals surface area contributed by atoms with E-state index in [9.17, 15) is 4.79 Å². The molecule has 0 bridgehead atoms. The molecule has 0 unspecified atom stereocenters. The zero-order valence-electron chi connectivity index (χ0n) is 11.2. The minimum absolute atomic E-state index is 0. The molecule has 1 fully saturated rings. The minimum atomic E-state index is -0.0590. The van der Waals surface area contributed by atoms with Gasteiger partial charge in [0, 0.05) is 18.2 Å². The zero-order chi connectivity index (χ0) is 13.1. The predicted octanol–water partition coefficient (Wildman–Crippen LogP) is 1.71. The van der Waals surface area contributed by atoms with Gasteiger partial charge in [0.05, 0.1) is 0 Å². The molecule has 0 spiro atoms. The number of halogens is 1. The number of rotatable bonds is 4. The molecule has 0 radical (unpaired) electrons. The number of carbonyl (C=O) groups excluding carboxylic acids is 1. The van der Waals surface area contributed by atoms with Crippen molar-refractivity contribution in [1.82, 2.24) is 10.6 Å². The molecule has 1 amide bonds. The number of hydrogen-bond donors (Lipinski definition) is 2. The minimum Gasteiger partial charge on any atom is -0.454 e. The zero-order valence-corrected chi connectivity index (χ0v) is 12.0. The van der Waals surface area contributed by atoms with E-state index < -0.39 is 0 Å². The van der Waals surface area contributed by atoms with Gasteiger partial charge in [-0.3, -0.25) is 4.79 Å². The molecule has 1 saturated heterocycles. The number of carbonyl (C=O) groups is 1. The van der Waals surface area contributed by atoms with Crippen LogP contribution in [0, 0.1) is 0 Å². The van der Waals surface area contributed by atoms with Crippen LogP contribution in [0.4, 0.5) is 0 Å². The third kappa shape index (κ3) is 3.35. The maximum absolute atomic E-state index is 12.0. The summed E-state index contributed by atoms with van der Waals surface area (Å²) in [5, 5.41) is 6.36. The van der Waals surface area contributed by atoms with Gasteiger partial charge in [0.2, 0.25) is 6.79 Å². The fourth-order valence-electron chi connectivity index (χ4n) is 2.50. The van der Waals surface area contributed by atoms with Crippen molar-refractivity contribution in [3.8, 4) is 11.5 Å². The summed E-state index contributed by atoms with van der Waals surface area (Å²) >= 11 is 0. The normalized spacial score (nSPS) is 19.5. The molecule has 110 valence electrons. The molecule has 0 aliphatic carbocycles. The lowest BCUT2D eigenvalue weighted by Crippen LogP contribution is -2.30. The Morgan fingerprint density at radius 1 is 1.35 bits per heavy atom. The highest BCUT2D eigenvalue weighted by atomic mass is 35.5. The molecule has 1 aromatic rings. The monoisotopic (exact) mass is 298 g/mol. The number of amides is 1. The lowest BCUT2D eigenvalue weighted by molar-refractivity contribution is 0.0952. The first kappa shape index (κ1) is 14.9. The summed E-state index contributed by atoms with van der Waals surface area (Å²) < 4.78 is 10.5. The van der Waals surface area contributed by atoms with E-state index in [2.05, 4.69) is 10.6 Å². The highest BCUT2D eigenvalue weighted by Crippen LogP contribution is 2.32. The van der Waals surface area contributed by atoms with E-state index in [4.69, 9.17) is 9.47 Å². The second-order valence-electron chi connectivity index (χ2n) is 4.91. The van der Waals surface area contributed by atoms with Gasteiger partial charge < -0.3 is 20.1 Å². The van der Waals surface area contributed by atoms with Crippen molar-refractivity contribution in [3.63, 3.8) is 0 Å². The number of benzene rings is 1. The van der Waals surface area contributed by atoms with E-state index in [1.54, 1.807) is 18.2 Å². The molecule has 2 N–H and O–H groups in total. The van der Waals surface area contributed by atoms with Crippen LogP contribution in [0.2, 0.25) is 0 Å². The lowest BCUT2D eigenvalue weighted by atomic mass is 10.1. The molecule has 3 rings (SSSR count). The average molecular weight is 299 g/mol. The largest absolute Gasteiger partial charge is 0.454 e. The van der Waals surface area contributed by atoms with Crippen molar-refractivity contribution >= 4 is 18.3 Å². The van der Waals surface area contributed by atoms with Crippen LogP contribution >= 0.6 is 12.4 Å². The summed E-state index contributed by atoms with van der Waals surface area (Å²) in [7, 11) is 0. The Balaban J connectivity index is 0.00000147. The number of nitrogens with one attached hydrogen (secondary N) is 2. The highest BCUT2D eigenvalue weighted by molar-refractivity contribution is 5.94. The van der Waals surface area contributed by atoms with E-state index in [0.717, 1.165) is 13.0 Å². The number of hydrogen-bond acceptors (Lipinski definition) is 4. The van der Waals surface area contributed by atoms with Gasteiger partial charge in [-0.1, -0.05) is 0 Å². The van der Waals surface area contributed by atoms with Crippen molar-refractivity contribution in [2.75, 3.05) is 19.9 Å². The van der Waals surface area contributed by atoms with Crippen LogP contribution in [0.25, 0.3) is 0 Å². The summed E-state index contributed by atoms with van der Waals surface area (Å²) in [4.78, 5) is 12.0.